The summed E-state index contributed by atoms with van der Waals surface area (Å²) in [6.07, 6.45) is 0.341. The minimum atomic E-state index is -4.02. The number of ketones is 1. The molecular weight excluding hydrogens is 459 g/mol. The molecule has 0 radical (unpaired) electrons. The zero-order valence-electron chi connectivity index (χ0n) is 17.3. The number of amides is 1. The van der Waals surface area contributed by atoms with Crippen molar-refractivity contribution in [2.24, 2.45) is 5.92 Å². The van der Waals surface area contributed by atoms with Crippen LogP contribution in [0.25, 0.3) is 0 Å². The van der Waals surface area contributed by atoms with Crippen LogP contribution in [0.1, 0.15) is 42.6 Å². The number of benzene rings is 2. The molecule has 0 aromatic heterocycles. The molecule has 1 aliphatic heterocycles. The summed E-state index contributed by atoms with van der Waals surface area (Å²) in [5, 5.41) is 3.59. The normalized spacial score (nSPS) is 17.1. The topological polar surface area (TPSA) is 83.6 Å². The van der Waals surface area contributed by atoms with Crippen LogP contribution in [0.2, 0.25) is 10.0 Å². The van der Waals surface area contributed by atoms with E-state index < -0.39 is 22.0 Å². The predicted octanol–water partition coefficient (Wildman–Crippen LogP) is 4.30. The molecule has 0 saturated heterocycles. The average Bonchev–Trinajstić information content (AvgIpc) is 2.82. The highest BCUT2D eigenvalue weighted by Gasteiger charge is 2.40. The Bertz CT molecular complexity index is 1100. The summed E-state index contributed by atoms with van der Waals surface area (Å²) in [6, 6.07) is 10.2. The molecule has 6 nitrogen and oxygen atoms in total. The van der Waals surface area contributed by atoms with Crippen molar-refractivity contribution in [3.63, 3.8) is 0 Å². The van der Waals surface area contributed by atoms with Gasteiger partial charge in [0.2, 0.25) is 15.9 Å². The average molecular weight is 483 g/mol. The number of rotatable bonds is 6. The molecule has 9 heteroatoms. The number of Topliss-reactive ketones (excluding diaryl/α,β-unsaturated/α-hetero) is 1. The molecule has 3 rings (SSSR count). The zero-order valence-corrected chi connectivity index (χ0v) is 19.6. The van der Waals surface area contributed by atoms with Crippen LogP contribution in [0, 0.1) is 5.92 Å². The maximum absolute atomic E-state index is 13.4. The van der Waals surface area contributed by atoms with E-state index in [-0.39, 0.29) is 41.7 Å². The van der Waals surface area contributed by atoms with E-state index in [1.54, 1.807) is 30.3 Å². The van der Waals surface area contributed by atoms with Crippen molar-refractivity contribution >= 4 is 44.9 Å². The molecule has 1 atom stereocenters. The largest absolute Gasteiger partial charge is 0.351 e. The Morgan fingerprint density at radius 1 is 1.13 bits per heavy atom. The number of carbonyl (C=O) groups is 2. The third kappa shape index (κ3) is 5.29. The second-order valence-electron chi connectivity index (χ2n) is 7.90. The summed E-state index contributed by atoms with van der Waals surface area (Å²) in [5.74, 6) is -0.610. The number of halogens is 2. The van der Waals surface area contributed by atoms with Gasteiger partial charge in [-0.2, -0.15) is 4.31 Å². The zero-order chi connectivity index (χ0) is 22.8. The van der Waals surface area contributed by atoms with E-state index in [1.165, 1.54) is 16.4 Å². The van der Waals surface area contributed by atoms with E-state index in [0.29, 0.717) is 16.5 Å². The fourth-order valence-electron chi connectivity index (χ4n) is 3.60. The van der Waals surface area contributed by atoms with Gasteiger partial charge in [-0.1, -0.05) is 61.3 Å². The van der Waals surface area contributed by atoms with Crippen LogP contribution >= 0.6 is 23.2 Å². The van der Waals surface area contributed by atoms with Crippen LogP contribution in [0.5, 0.6) is 0 Å². The third-order valence-electron chi connectivity index (χ3n) is 5.13. The highest BCUT2D eigenvalue weighted by molar-refractivity contribution is 7.89. The maximum Gasteiger partial charge on any atom is 0.244 e. The number of nitrogens with zero attached hydrogens (tertiary/aromatic N) is 1. The van der Waals surface area contributed by atoms with E-state index >= 15 is 0 Å². The Morgan fingerprint density at radius 3 is 2.52 bits per heavy atom. The summed E-state index contributed by atoms with van der Waals surface area (Å²) in [5.41, 5.74) is 0.912. The first-order valence-electron chi connectivity index (χ1n) is 9.97. The van der Waals surface area contributed by atoms with Crippen LogP contribution in [-0.4, -0.2) is 37.0 Å². The fourth-order valence-corrected chi connectivity index (χ4v) is 5.73. The third-order valence-corrected chi connectivity index (χ3v) is 7.83. The first kappa shape index (κ1) is 23.7. The van der Waals surface area contributed by atoms with Gasteiger partial charge in [-0.25, -0.2) is 8.42 Å². The minimum Gasteiger partial charge on any atom is -0.351 e. The quantitative estimate of drug-likeness (QED) is 0.664. The second kappa shape index (κ2) is 9.69. The molecule has 0 spiro atoms. The smallest absolute Gasteiger partial charge is 0.244 e. The van der Waals surface area contributed by atoms with Gasteiger partial charge in [0.25, 0.3) is 0 Å². The Kier molecular flexibility index (Phi) is 7.42. The van der Waals surface area contributed by atoms with Gasteiger partial charge in [-0.3, -0.25) is 9.59 Å². The summed E-state index contributed by atoms with van der Waals surface area (Å²) < 4.78 is 28.0. The second-order valence-corrected chi connectivity index (χ2v) is 10.6. The van der Waals surface area contributed by atoms with Gasteiger partial charge in [0.05, 0.1) is 14.9 Å². The summed E-state index contributed by atoms with van der Waals surface area (Å²) in [6.45, 7) is 3.97. The molecule has 0 bridgehead atoms. The molecule has 1 amide bonds. The molecule has 2 aromatic rings. The minimum absolute atomic E-state index is 0.0188. The highest BCUT2D eigenvalue weighted by Crippen LogP contribution is 2.29. The molecule has 1 heterocycles. The first-order valence-corrected chi connectivity index (χ1v) is 12.2. The maximum atomic E-state index is 13.4. The standard InChI is InChI=1S/C22H24Cl2N2O4S/c1-14(2)11-19(22(28)25-13-15-7-8-17(23)18(24)12-15)26-10-9-20(27)16-5-3-4-6-21(16)31(26,29)30/h3-8,12,14,19H,9-11,13H2,1-2H3,(H,25,28)/t19-/m0/s1. The summed E-state index contributed by atoms with van der Waals surface area (Å²) in [7, 11) is -4.02. The highest BCUT2D eigenvalue weighted by atomic mass is 35.5. The van der Waals surface area contributed by atoms with Crippen LogP contribution in [0.4, 0.5) is 0 Å². The van der Waals surface area contributed by atoms with Crippen molar-refractivity contribution in [2.45, 2.75) is 44.2 Å². The molecule has 2 aromatic carbocycles. The van der Waals surface area contributed by atoms with Crippen molar-refractivity contribution in [1.29, 1.82) is 0 Å². The van der Waals surface area contributed by atoms with Gasteiger partial charge >= 0.3 is 0 Å². The molecule has 0 aliphatic carbocycles. The molecule has 1 aliphatic rings. The Labute approximate surface area is 192 Å². The fraction of sp³-hybridized carbons (Fsp3) is 0.364. The number of carbonyl (C=O) groups excluding carboxylic acids is 2. The molecule has 1 N–H and O–H groups in total. The van der Waals surface area contributed by atoms with Crippen LogP contribution < -0.4 is 5.32 Å². The van der Waals surface area contributed by atoms with E-state index in [2.05, 4.69) is 5.32 Å². The van der Waals surface area contributed by atoms with E-state index in [4.69, 9.17) is 23.2 Å². The van der Waals surface area contributed by atoms with E-state index in [1.807, 2.05) is 13.8 Å². The molecule has 0 saturated carbocycles. The Balaban J connectivity index is 1.89. The molecule has 166 valence electrons. The van der Waals surface area contributed by atoms with Crippen molar-refractivity contribution in [1.82, 2.24) is 9.62 Å². The molecule has 0 unspecified atom stereocenters. The number of hydrogen-bond donors (Lipinski definition) is 1. The van der Waals surface area contributed by atoms with Crippen molar-refractivity contribution in [3.8, 4) is 0 Å². The van der Waals surface area contributed by atoms with Gasteiger partial charge in [0.15, 0.2) is 5.78 Å². The lowest BCUT2D eigenvalue weighted by molar-refractivity contribution is -0.125. The van der Waals surface area contributed by atoms with E-state index in [9.17, 15) is 18.0 Å². The number of hydrogen-bond acceptors (Lipinski definition) is 4. The van der Waals surface area contributed by atoms with Gasteiger partial charge in [-0.15, -0.1) is 0 Å². The van der Waals surface area contributed by atoms with Crippen LogP contribution in [-0.2, 0) is 21.4 Å². The van der Waals surface area contributed by atoms with Crippen molar-refractivity contribution < 1.29 is 18.0 Å². The molecule has 31 heavy (non-hydrogen) atoms. The van der Waals surface area contributed by atoms with E-state index in [0.717, 1.165) is 5.56 Å². The van der Waals surface area contributed by atoms with Gasteiger partial charge in [0.1, 0.15) is 6.04 Å². The van der Waals surface area contributed by atoms with Crippen molar-refractivity contribution in [2.75, 3.05) is 6.54 Å². The predicted molar refractivity (Wildman–Crippen MR) is 121 cm³/mol. The number of sulfonamides is 1. The lowest BCUT2D eigenvalue weighted by Gasteiger charge is -2.30. The van der Waals surface area contributed by atoms with Gasteiger partial charge in [0, 0.05) is 25.1 Å². The number of fused-ring (bicyclic) bond motifs is 1. The number of nitrogens with one attached hydrogen (secondary N) is 1. The summed E-state index contributed by atoms with van der Waals surface area (Å²) >= 11 is 12.0. The van der Waals surface area contributed by atoms with Gasteiger partial charge < -0.3 is 5.32 Å². The Morgan fingerprint density at radius 2 is 1.84 bits per heavy atom. The lowest BCUT2D eigenvalue weighted by atomic mass is 10.0. The van der Waals surface area contributed by atoms with Crippen LogP contribution in [0.15, 0.2) is 47.4 Å². The lowest BCUT2D eigenvalue weighted by Crippen LogP contribution is -2.50. The molecule has 0 fully saturated rings. The van der Waals surface area contributed by atoms with Gasteiger partial charge in [-0.05, 0) is 36.1 Å². The monoisotopic (exact) mass is 482 g/mol. The molecular formula is C22H24Cl2N2O4S. The summed E-state index contributed by atoms with van der Waals surface area (Å²) in [4.78, 5) is 25.6. The SMILES string of the molecule is CC(C)C[C@@H](C(=O)NCc1ccc(Cl)c(Cl)c1)N1CCC(=O)c2ccccc2S1(=O)=O. The van der Waals surface area contributed by atoms with Crippen LogP contribution in [0.3, 0.4) is 0 Å². The first-order chi connectivity index (χ1) is 14.6. The Hall–Kier alpha value is -1.93. The van der Waals surface area contributed by atoms with Crippen molar-refractivity contribution in [3.05, 3.63) is 63.6 Å².